The average molecular weight is 533 g/mol. The van der Waals surface area contributed by atoms with Gasteiger partial charge in [-0.05, 0) is 101 Å². The van der Waals surface area contributed by atoms with E-state index in [-0.39, 0.29) is 12.2 Å². The summed E-state index contributed by atoms with van der Waals surface area (Å²) in [7, 11) is 0. The molecule has 0 saturated heterocycles. The van der Waals surface area contributed by atoms with Crippen molar-refractivity contribution in [1.82, 2.24) is 0 Å². The number of esters is 1. The van der Waals surface area contributed by atoms with Crippen LogP contribution in [-0.2, 0) is 16.1 Å². The zero-order chi connectivity index (χ0) is 25.4. The summed E-state index contributed by atoms with van der Waals surface area (Å²) >= 11 is 3.50. The van der Waals surface area contributed by atoms with Crippen LogP contribution in [0.5, 0.6) is 5.75 Å². The Morgan fingerprint density at radius 3 is 2.40 bits per heavy atom. The maximum absolute atomic E-state index is 12.6. The molecule has 1 N–H and O–H groups in total. The van der Waals surface area contributed by atoms with Crippen LogP contribution in [0.2, 0.25) is 0 Å². The summed E-state index contributed by atoms with van der Waals surface area (Å²) in [5, 5.41) is 12.2. The Balaban J connectivity index is 1.67. The highest BCUT2D eigenvalue weighted by Crippen LogP contribution is 2.28. The van der Waals surface area contributed by atoms with Gasteiger partial charge in [0.15, 0.2) is 0 Å². The number of amides is 1. The summed E-state index contributed by atoms with van der Waals surface area (Å²) in [5.41, 5.74) is 4.96. The molecule has 0 atom stereocenters. The number of ether oxygens (including phenoxy) is 2. The summed E-state index contributed by atoms with van der Waals surface area (Å²) in [6, 6.07) is 19.8. The van der Waals surface area contributed by atoms with E-state index in [1.165, 1.54) is 17.2 Å². The highest BCUT2D eigenvalue weighted by atomic mass is 79.9. The van der Waals surface area contributed by atoms with Crippen LogP contribution in [0.1, 0.15) is 39.5 Å². The minimum Gasteiger partial charge on any atom is -0.488 e. The van der Waals surface area contributed by atoms with Gasteiger partial charge in [0, 0.05) is 5.69 Å². The molecule has 0 unspecified atom stereocenters. The number of anilines is 1. The Morgan fingerprint density at radius 2 is 1.77 bits per heavy atom. The van der Waals surface area contributed by atoms with Crippen LogP contribution in [-0.4, -0.2) is 18.5 Å². The Labute approximate surface area is 213 Å². The van der Waals surface area contributed by atoms with Gasteiger partial charge in [0.05, 0.1) is 16.6 Å². The molecule has 6 nitrogen and oxygen atoms in total. The highest BCUT2D eigenvalue weighted by molar-refractivity contribution is 9.10. The smallest absolute Gasteiger partial charge is 0.338 e. The van der Waals surface area contributed by atoms with Gasteiger partial charge >= 0.3 is 5.97 Å². The minimum absolute atomic E-state index is 0.0600. The number of carbonyl (C=O) groups is 2. The number of halogens is 1. The first kappa shape index (κ1) is 25.7. The second kappa shape index (κ2) is 12.0. The first-order valence-electron chi connectivity index (χ1n) is 11.0. The second-order valence-corrected chi connectivity index (χ2v) is 8.67. The van der Waals surface area contributed by atoms with E-state index in [0.29, 0.717) is 33.6 Å². The van der Waals surface area contributed by atoms with Crippen molar-refractivity contribution in [2.24, 2.45) is 0 Å². The summed E-state index contributed by atoms with van der Waals surface area (Å²) in [6.45, 7) is 6.57. The van der Waals surface area contributed by atoms with Gasteiger partial charge < -0.3 is 14.8 Å². The van der Waals surface area contributed by atoms with Crippen molar-refractivity contribution in [3.8, 4) is 11.8 Å². The Kier molecular flexibility index (Phi) is 8.82. The van der Waals surface area contributed by atoms with Crippen molar-refractivity contribution in [1.29, 1.82) is 5.26 Å². The number of benzene rings is 3. The molecule has 0 aromatic heterocycles. The Morgan fingerprint density at radius 1 is 1.03 bits per heavy atom. The predicted molar refractivity (Wildman–Crippen MR) is 139 cm³/mol. The summed E-state index contributed by atoms with van der Waals surface area (Å²) in [4.78, 5) is 24.4. The molecule has 7 heteroatoms. The fraction of sp³-hybridized carbons (Fsp3) is 0.179. The van der Waals surface area contributed by atoms with Crippen LogP contribution >= 0.6 is 15.9 Å². The van der Waals surface area contributed by atoms with E-state index in [1.54, 1.807) is 49.4 Å². The maximum atomic E-state index is 12.6. The van der Waals surface area contributed by atoms with E-state index >= 15 is 0 Å². The molecule has 0 fully saturated rings. The van der Waals surface area contributed by atoms with E-state index in [4.69, 9.17) is 9.47 Å². The van der Waals surface area contributed by atoms with Crippen molar-refractivity contribution < 1.29 is 19.1 Å². The van der Waals surface area contributed by atoms with Gasteiger partial charge in [-0.3, -0.25) is 4.79 Å². The van der Waals surface area contributed by atoms with E-state index in [1.807, 2.05) is 12.1 Å². The second-order valence-electron chi connectivity index (χ2n) is 7.82. The summed E-state index contributed by atoms with van der Waals surface area (Å²) in [5.74, 6) is -0.331. The molecule has 0 radical (unpaired) electrons. The van der Waals surface area contributed by atoms with Gasteiger partial charge in [-0.25, -0.2) is 4.79 Å². The number of aryl methyl sites for hydroxylation is 2. The number of rotatable bonds is 8. The highest BCUT2D eigenvalue weighted by Gasteiger charge is 2.12. The van der Waals surface area contributed by atoms with E-state index in [0.717, 1.165) is 5.56 Å². The lowest BCUT2D eigenvalue weighted by Gasteiger charge is -2.10. The van der Waals surface area contributed by atoms with E-state index in [9.17, 15) is 14.9 Å². The SMILES string of the molecule is CCOC(=O)c1ccc(NC(=O)/C(C#N)=C/c2ccc(OCc3ccc(C)c(C)c3)c(Br)c2)cc1. The van der Waals surface area contributed by atoms with Gasteiger partial charge in [0.1, 0.15) is 24.0 Å². The molecule has 0 aliphatic carbocycles. The van der Waals surface area contributed by atoms with Crippen LogP contribution in [0.15, 0.2) is 70.7 Å². The molecule has 35 heavy (non-hydrogen) atoms. The van der Waals surface area contributed by atoms with Gasteiger partial charge in [0.25, 0.3) is 5.91 Å². The van der Waals surface area contributed by atoms with Gasteiger partial charge in [-0.1, -0.05) is 24.3 Å². The largest absolute Gasteiger partial charge is 0.488 e. The van der Waals surface area contributed by atoms with Crippen molar-refractivity contribution in [3.63, 3.8) is 0 Å². The molecule has 1 amide bonds. The van der Waals surface area contributed by atoms with E-state index in [2.05, 4.69) is 47.2 Å². The zero-order valence-electron chi connectivity index (χ0n) is 19.7. The van der Waals surface area contributed by atoms with Crippen molar-refractivity contribution in [2.75, 3.05) is 11.9 Å². The van der Waals surface area contributed by atoms with Gasteiger partial charge in [0.2, 0.25) is 0 Å². The molecular weight excluding hydrogens is 508 g/mol. The lowest BCUT2D eigenvalue weighted by Crippen LogP contribution is -2.13. The van der Waals surface area contributed by atoms with Crippen molar-refractivity contribution >= 4 is 39.6 Å². The fourth-order valence-corrected chi connectivity index (χ4v) is 3.71. The molecular formula is C28H25BrN2O4. The molecule has 3 rings (SSSR count). The van der Waals surface area contributed by atoms with Crippen LogP contribution < -0.4 is 10.1 Å². The molecule has 0 aliphatic heterocycles. The van der Waals surface area contributed by atoms with Gasteiger partial charge in [-0.2, -0.15) is 5.26 Å². The monoisotopic (exact) mass is 532 g/mol. The van der Waals surface area contributed by atoms with Crippen LogP contribution in [0.25, 0.3) is 6.08 Å². The summed E-state index contributed by atoms with van der Waals surface area (Å²) < 4.78 is 11.6. The van der Waals surface area contributed by atoms with Crippen LogP contribution in [0.4, 0.5) is 5.69 Å². The standard InChI is InChI=1S/C28H25BrN2O4/c1-4-34-28(33)22-8-10-24(11-9-22)31-27(32)23(16-30)14-20-7-12-26(25(29)15-20)35-17-21-6-5-18(2)19(3)13-21/h5-15H,4,17H2,1-3H3,(H,31,32)/b23-14+. The summed E-state index contributed by atoms with van der Waals surface area (Å²) in [6.07, 6.45) is 1.50. The number of hydrogen-bond donors (Lipinski definition) is 1. The average Bonchev–Trinajstić information content (AvgIpc) is 2.84. The molecule has 0 saturated carbocycles. The zero-order valence-corrected chi connectivity index (χ0v) is 21.3. The van der Waals surface area contributed by atoms with Gasteiger partial charge in [-0.15, -0.1) is 0 Å². The normalized spacial score (nSPS) is 10.9. The van der Waals surface area contributed by atoms with Crippen LogP contribution in [0.3, 0.4) is 0 Å². The topological polar surface area (TPSA) is 88.4 Å². The molecule has 0 bridgehead atoms. The number of carbonyl (C=O) groups excluding carboxylic acids is 2. The quantitative estimate of drug-likeness (QED) is 0.207. The molecule has 0 heterocycles. The number of hydrogen-bond acceptors (Lipinski definition) is 5. The van der Waals surface area contributed by atoms with Crippen molar-refractivity contribution in [3.05, 3.63) is 98.5 Å². The maximum Gasteiger partial charge on any atom is 0.338 e. The number of nitrogens with zero attached hydrogens (tertiary/aromatic N) is 1. The van der Waals surface area contributed by atoms with Crippen molar-refractivity contribution in [2.45, 2.75) is 27.4 Å². The molecule has 0 aliphatic rings. The molecule has 3 aromatic carbocycles. The number of nitriles is 1. The lowest BCUT2D eigenvalue weighted by atomic mass is 10.1. The Hall–Kier alpha value is -3.89. The Bertz CT molecular complexity index is 1310. The predicted octanol–water partition coefficient (Wildman–Crippen LogP) is 6.37. The molecule has 178 valence electrons. The minimum atomic E-state index is -0.553. The van der Waals surface area contributed by atoms with Crippen LogP contribution in [0, 0.1) is 25.2 Å². The third-order valence-corrected chi connectivity index (χ3v) is 5.87. The number of nitrogens with one attached hydrogen (secondary N) is 1. The first-order chi connectivity index (χ1) is 16.8. The molecule has 3 aromatic rings. The third-order valence-electron chi connectivity index (χ3n) is 5.25. The fourth-order valence-electron chi connectivity index (χ4n) is 3.20. The molecule has 0 spiro atoms. The lowest BCUT2D eigenvalue weighted by molar-refractivity contribution is -0.112. The first-order valence-corrected chi connectivity index (χ1v) is 11.8. The third kappa shape index (κ3) is 7.05. The van der Waals surface area contributed by atoms with E-state index < -0.39 is 11.9 Å².